The van der Waals surface area contributed by atoms with Gasteiger partial charge in [-0.25, -0.2) is 0 Å². The third-order valence-electron chi connectivity index (χ3n) is 14.9. The number of para-hydroxylation sites is 2. The van der Waals surface area contributed by atoms with E-state index in [2.05, 4.69) is 198 Å². The van der Waals surface area contributed by atoms with E-state index in [0.717, 1.165) is 82.4 Å². The quantitative estimate of drug-likeness (QED) is 0.0806. The summed E-state index contributed by atoms with van der Waals surface area (Å²) < 4.78 is 12.9. The lowest BCUT2D eigenvalue weighted by atomic mass is 9.78. The number of unbranched alkanes of at least 4 members (excludes halogenated alkanes) is 1. The molecule has 67 heavy (non-hydrogen) atoms. The van der Waals surface area contributed by atoms with Gasteiger partial charge in [-0.3, -0.25) is 4.99 Å². The number of hydrogen-bond donors (Lipinski definition) is 0. The molecule has 0 amide bonds. The van der Waals surface area contributed by atoms with Gasteiger partial charge in [-0.1, -0.05) is 168 Å². The van der Waals surface area contributed by atoms with E-state index in [4.69, 9.17) is 13.8 Å². The third-order valence-corrected chi connectivity index (χ3v) is 14.9. The van der Waals surface area contributed by atoms with E-state index in [1.54, 1.807) is 0 Å². The Morgan fingerprint density at radius 1 is 0.582 bits per heavy atom. The summed E-state index contributed by atoms with van der Waals surface area (Å²) in [4.78, 5) is 5.94. The molecule has 3 nitrogen and oxygen atoms in total. The smallest absolute Gasteiger partial charge is 0.136 e. The molecule has 0 aliphatic carbocycles. The second-order valence-corrected chi connectivity index (χ2v) is 18.8. The number of aryl methyl sites for hydroxylation is 1. The summed E-state index contributed by atoms with van der Waals surface area (Å²) in [6.45, 7) is 11.6. The summed E-state index contributed by atoms with van der Waals surface area (Å²) >= 11 is 0. The molecule has 0 radical (unpaired) electrons. The van der Waals surface area contributed by atoms with Crippen LogP contribution in [0.3, 0.4) is 0 Å². The molecule has 0 fully saturated rings. The normalized spacial score (nSPS) is 14.1. The zero-order valence-electron chi connectivity index (χ0n) is 39.3. The second kappa shape index (κ2) is 17.9. The maximum absolute atomic E-state index is 6.51. The molecule has 0 saturated carbocycles. The molecule has 4 unspecified atom stereocenters. The predicted octanol–water partition coefficient (Wildman–Crippen LogP) is 18.1. The van der Waals surface area contributed by atoms with Crippen LogP contribution in [0.2, 0.25) is 0 Å². The average molecular weight is 872 g/mol. The highest BCUT2D eigenvalue weighted by molar-refractivity contribution is 6.35. The molecular weight excluding hydrogens is 815 g/mol. The zero-order chi connectivity index (χ0) is 45.6. The first-order chi connectivity index (χ1) is 32.9. The Balaban J connectivity index is 1.02. The molecule has 3 heteroatoms. The van der Waals surface area contributed by atoms with Crippen LogP contribution in [0.15, 0.2) is 172 Å². The lowest BCUT2D eigenvalue weighted by Crippen LogP contribution is -2.19. The van der Waals surface area contributed by atoms with Crippen molar-refractivity contribution >= 4 is 81.9 Å². The minimum Gasteiger partial charge on any atom is -0.456 e. The third kappa shape index (κ3) is 7.54. The molecule has 0 N–H and O–H groups in total. The fourth-order valence-electron chi connectivity index (χ4n) is 11.4. The molecule has 0 spiro atoms. The van der Waals surface area contributed by atoms with Gasteiger partial charge in [0.1, 0.15) is 22.3 Å². The number of hydrogen-bond acceptors (Lipinski definition) is 3. The van der Waals surface area contributed by atoms with E-state index >= 15 is 0 Å². The summed E-state index contributed by atoms with van der Waals surface area (Å²) in [7, 11) is 0. The Bertz CT molecular complexity index is 3630. The Kier molecular flexibility index (Phi) is 11.4. The highest BCUT2D eigenvalue weighted by Crippen LogP contribution is 2.46. The Morgan fingerprint density at radius 2 is 1.30 bits per heavy atom. The van der Waals surface area contributed by atoms with Crippen molar-refractivity contribution in [2.45, 2.75) is 91.0 Å². The van der Waals surface area contributed by atoms with Crippen LogP contribution in [0, 0.1) is 25.0 Å². The second-order valence-electron chi connectivity index (χ2n) is 18.8. The Hall–Kier alpha value is -7.15. The first-order valence-electron chi connectivity index (χ1n) is 24.6. The zero-order valence-corrected chi connectivity index (χ0v) is 39.3. The minimum atomic E-state index is -0.0631. The molecule has 0 aliphatic heterocycles. The minimum absolute atomic E-state index is 0.0631. The van der Waals surface area contributed by atoms with Crippen LogP contribution < -0.4 is 0 Å². The van der Waals surface area contributed by atoms with Crippen LogP contribution in [-0.4, -0.2) is 5.71 Å². The summed E-state index contributed by atoms with van der Waals surface area (Å²) in [5.74, 6) is 0.829. The summed E-state index contributed by atoms with van der Waals surface area (Å²) in [6.07, 6.45) is 5.99. The van der Waals surface area contributed by atoms with Crippen molar-refractivity contribution in [3.8, 4) is 0 Å². The van der Waals surface area contributed by atoms with Crippen molar-refractivity contribution in [1.82, 2.24) is 0 Å². The van der Waals surface area contributed by atoms with Crippen molar-refractivity contribution in [2.24, 2.45) is 10.9 Å². The summed E-state index contributed by atoms with van der Waals surface area (Å²) in [5, 5.41) is 12.0. The standard InChI is InChI=1S/C64H57NO2/c1-6-9-30-55(65-64(47(8-3)41(5)44-22-11-10-12-23-44)46-33-34-50-49-25-13-15-31-56(49)67-59(50)39-46)45-24-18-21-42(38-45)37-43(7-2)48-27-19-28-51-52-35-36-58-63(53-26-14-16-32-57(53)66-58)62(52)54-29-17-20-40(4)60(54)61(48)51/h10-18,20-27,29,31-36,38-39,41,43,47,64H,6-9,30,37H2,1-5H3. The number of rotatable bonds is 14. The molecule has 0 saturated heterocycles. The van der Waals surface area contributed by atoms with Gasteiger partial charge in [-0.2, -0.15) is 0 Å². The number of aliphatic imine (C=N–C) groups is 1. The topological polar surface area (TPSA) is 38.6 Å². The van der Waals surface area contributed by atoms with Crippen molar-refractivity contribution in [3.63, 3.8) is 0 Å². The van der Waals surface area contributed by atoms with E-state index in [1.165, 1.54) is 71.4 Å². The molecule has 2 aromatic heterocycles. The summed E-state index contributed by atoms with van der Waals surface area (Å²) in [5.41, 5.74) is 12.6. The first-order valence-corrected chi connectivity index (χ1v) is 24.6. The van der Waals surface area contributed by atoms with Crippen molar-refractivity contribution in [2.75, 3.05) is 0 Å². The molecular formula is C64H57NO2. The van der Waals surface area contributed by atoms with E-state index < -0.39 is 0 Å². The fraction of sp³-hybridized carbons (Fsp3) is 0.234. The van der Waals surface area contributed by atoms with Gasteiger partial charge >= 0.3 is 0 Å². The molecule has 11 aromatic rings. The Morgan fingerprint density at radius 3 is 2.10 bits per heavy atom. The first kappa shape index (κ1) is 42.5. The molecule has 0 bridgehead atoms. The molecule has 0 aliphatic rings. The molecule has 11 rings (SSSR count). The van der Waals surface area contributed by atoms with Crippen molar-refractivity contribution < 1.29 is 8.83 Å². The molecule has 2 heterocycles. The summed E-state index contributed by atoms with van der Waals surface area (Å²) in [6, 6.07) is 64.4. The number of nitrogens with zero attached hydrogens (tertiary/aromatic N) is 1. The van der Waals surface area contributed by atoms with E-state index in [0.29, 0.717) is 5.92 Å². The van der Waals surface area contributed by atoms with Gasteiger partial charge in [0.15, 0.2) is 0 Å². The van der Waals surface area contributed by atoms with Gasteiger partial charge in [-0.15, -0.1) is 0 Å². The lowest BCUT2D eigenvalue weighted by Gasteiger charge is -2.30. The number of benzene rings is 8. The Labute approximate surface area is 394 Å². The van der Waals surface area contributed by atoms with Crippen LogP contribution in [-0.2, 0) is 6.42 Å². The van der Waals surface area contributed by atoms with Gasteiger partial charge in [0, 0.05) is 43.4 Å². The van der Waals surface area contributed by atoms with Crippen LogP contribution in [0.25, 0.3) is 76.2 Å². The van der Waals surface area contributed by atoms with Gasteiger partial charge in [-0.05, 0) is 142 Å². The highest BCUT2D eigenvalue weighted by Gasteiger charge is 2.29. The lowest BCUT2D eigenvalue weighted by molar-refractivity contribution is 0.361. The van der Waals surface area contributed by atoms with Crippen LogP contribution in [0.5, 0.6) is 0 Å². The van der Waals surface area contributed by atoms with Crippen LogP contribution >= 0.6 is 0 Å². The molecule has 4 atom stereocenters. The number of fused-ring (bicyclic) bond motifs is 13. The van der Waals surface area contributed by atoms with Gasteiger partial charge < -0.3 is 8.83 Å². The average Bonchev–Trinajstić information content (AvgIpc) is 3.95. The van der Waals surface area contributed by atoms with Crippen LogP contribution in [0.4, 0.5) is 0 Å². The van der Waals surface area contributed by atoms with Crippen molar-refractivity contribution in [3.05, 3.63) is 203 Å². The molecule has 9 aromatic carbocycles. The van der Waals surface area contributed by atoms with Crippen LogP contribution in [0.1, 0.15) is 111 Å². The fourth-order valence-corrected chi connectivity index (χ4v) is 11.4. The monoisotopic (exact) mass is 871 g/mol. The van der Waals surface area contributed by atoms with Gasteiger partial charge in [0.25, 0.3) is 0 Å². The largest absolute Gasteiger partial charge is 0.456 e. The van der Waals surface area contributed by atoms with E-state index in [-0.39, 0.29) is 17.9 Å². The predicted molar refractivity (Wildman–Crippen MR) is 283 cm³/mol. The van der Waals surface area contributed by atoms with Gasteiger partial charge in [0.05, 0.1) is 6.04 Å². The van der Waals surface area contributed by atoms with E-state index in [9.17, 15) is 0 Å². The maximum Gasteiger partial charge on any atom is 0.136 e. The van der Waals surface area contributed by atoms with Crippen molar-refractivity contribution in [1.29, 1.82) is 0 Å². The number of furan rings is 2. The maximum atomic E-state index is 6.51. The molecule has 330 valence electrons. The highest BCUT2D eigenvalue weighted by atomic mass is 16.3. The van der Waals surface area contributed by atoms with Gasteiger partial charge in [0.2, 0.25) is 0 Å². The van der Waals surface area contributed by atoms with E-state index in [1.807, 2.05) is 6.07 Å². The SMILES string of the molecule is CCCCC(=NC(c1ccc2c(c1)oc1ccccc12)C(CC)C(C)c1ccccc1)c1cccc(CC(CC)c2cc#cc3c4ccc5oc6ccccc6c5c4c4cccc(C)c4c23)c1.